The lowest BCUT2D eigenvalue weighted by atomic mass is 10.2. The number of thiocarbonyl (C=S) groups is 1. The quantitative estimate of drug-likeness (QED) is 0.424. The highest BCUT2D eigenvalue weighted by Crippen LogP contribution is 2.15. The van der Waals surface area contributed by atoms with Gasteiger partial charge in [-0.25, -0.2) is 0 Å². The molecule has 0 aliphatic carbocycles. The van der Waals surface area contributed by atoms with Gasteiger partial charge < -0.3 is 9.47 Å². The molecule has 166 valence electrons. The van der Waals surface area contributed by atoms with E-state index in [-0.39, 0.29) is 11.2 Å². The molecule has 0 spiro atoms. The van der Waals surface area contributed by atoms with Gasteiger partial charge in [0.1, 0.15) is 11.5 Å². The molecular weight excluding hydrogens is 414 g/mol. The van der Waals surface area contributed by atoms with E-state index in [4.69, 9.17) is 21.7 Å². The largest absolute Gasteiger partial charge is 0.493 e. The molecule has 2 rings (SSSR count). The Labute approximate surface area is 188 Å². The fourth-order valence-electron chi connectivity index (χ4n) is 2.36. The van der Waals surface area contributed by atoms with Crippen LogP contribution in [-0.4, -0.2) is 29.6 Å². The lowest BCUT2D eigenvalue weighted by molar-refractivity contribution is 0.0934. The molecule has 0 bridgehead atoms. The van der Waals surface area contributed by atoms with Gasteiger partial charge in [0.25, 0.3) is 11.8 Å². The van der Waals surface area contributed by atoms with E-state index in [9.17, 15) is 9.59 Å². The third kappa shape index (κ3) is 8.25. The summed E-state index contributed by atoms with van der Waals surface area (Å²) in [6, 6.07) is 13.5. The molecule has 0 radical (unpaired) electrons. The van der Waals surface area contributed by atoms with Gasteiger partial charge in [-0.2, -0.15) is 0 Å². The average molecular weight is 444 g/mol. The number of hydrogen-bond acceptors (Lipinski definition) is 5. The minimum Gasteiger partial charge on any atom is -0.493 e. The van der Waals surface area contributed by atoms with Crippen LogP contribution in [0.25, 0.3) is 0 Å². The number of nitrogens with one attached hydrogen (secondary N) is 3. The number of benzene rings is 2. The van der Waals surface area contributed by atoms with Crippen LogP contribution in [0.15, 0.2) is 48.5 Å². The first-order valence-corrected chi connectivity index (χ1v) is 10.6. The molecule has 0 aromatic heterocycles. The Morgan fingerprint density at radius 1 is 0.871 bits per heavy atom. The molecule has 0 heterocycles. The lowest BCUT2D eigenvalue weighted by Crippen LogP contribution is -2.48. The Kier molecular flexibility index (Phi) is 9.27. The van der Waals surface area contributed by atoms with Crippen molar-refractivity contribution in [2.75, 3.05) is 6.61 Å². The van der Waals surface area contributed by atoms with Gasteiger partial charge in [-0.05, 0) is 80.0 Å². The van der Waals surface area contributed by atoms with Crippen molar-refractivity contribution < 1.29 is 19.1 Å². The van der Waals surface area contributed by atoms with E-state index < -0.39 is 11.8 Å². The zero-order valence-electron chi connectivity index (χ0n) is 18.2. The molecule has 0 saturated carbocycles. The maximum atomic E-state index is 12.3. The van der Waals surface area contributed by atoms with E-state index in [0.29, 0.717) is 35.2 Å². The molecule has 2 aromatic carbocycles. The monoisotopic (exact) mass is 443 g/mol. The van der Waals surface area contributed by atoms with Gasteiger partial charge in [0.2, 0.25) is 0 Å². The normalized spacial score (nSPS) is 11.4. The van der Waals surface area contributed by atoms with Gasteiger partial charge in [0.15, 0.2) is 5.11 Å². The fraction of sp³-hybridized carbons (Fsp3) is 0.348. The Hall–Kier alpha value is -3.13. The van der Waals surface area contributed by atoms with Crippen LogP contribution in [0.3, 0.4) is 0 Å². The van der Waals surface area contributed by atoms with Crippen molar-refractivity contribution in [2.24, 2.45) is 5.92 Å². The topological polar surface area (TPSA) is 88.7 Å². The molecule has 0 fully saturated rings. The summed E-state index contributed by atoms with van der Waals surface area (Å²) < 4.78 is 11.3. The van der Waals surface area contributed by atoms with Gasteiger partial charge in [-0.1, -0.05) is 20.8 Å². The first-order chi connectivity index (χ1) is 14.8. The minimum atomic E-state index is -0.395. The van der Waals surface area contributed by atoms with Crippen LogP contribution in [0, 0.1) is 5.92 Å². The van der Waals surface area contributed by atoms with Gasteiger partial charge in [0.05, 0.1) is 12.7 Å². The van der Waals surface area contributed by atoms with E-state index >= 15 is 0 Å². The number of amides is 2. The molecule has 0 aliphatic heterocycles. The summed E-state index contributed by atoms with van der Waals surface area (Å²) in [4.78, 5) is 24.5. The average Bonchev–Trinajstić information content (AvgIpc) is 2.76. The van der Waals surface area contributed by atoms with Crippen molar-refractivity contribution in [2.45, 2.75) is 40.2 Å². The molecule has 8 heteroatoms. The second-order valence-electron chi connectivity index (χ2n) is 7.45. The van der Waals surface area contributed by atoms with E-state index in [2.05, 4.69) is 30.0 Å². The summed E-state index contributed by atoms with van der Waals surface area (Å²) in [6.07, 6.45) is 0.994. The van der Waals surface area contributed by atoms with E-state index in [1.54, 1.807) is 48.5 Å². The first-order valence-electron chi connectivity index (χ1n) is 10.2. The van der Waals surface area contributed by atoms with Crippen molar-refractivity contribution in [1.82, 2.24) is 16.2 Å². The smallest absolute Gasteiger partial charge is 0.269 e. The molecule has 7 nitrogen and oxygen atoms in total. The van der Waals surface area contributed by atoms with Crippen molar-refractivity contribution in [3.05, 3.63) is 59.7 Å². The Bertz CT molecular complexity index is 883. The first kappa shape index (κ1) is 24.1. The zero-order chi connectivity index (χ0) is 22.8. The van der Waals surface area contributed by atoms with Crippen LogP contribution in [0.5, 0.6) is 11.5 Å². The van der Waals surface area contributed by atoms with Gasteiger partial charge >= 0.3 is 0 Å². The van der Waals surface area contributed by atoms with Crippen molar-refractivity contribution in [1.29, 1.82) is 0 Å². The number of carbonyl (C=O) groups is 2. The van der Waals surface area contributed by atoms with Crippen LogP contribution < -0.4 is 25.6 Å². The number of hydrogen-bond donors (Lipinski definition) is 3. The molecule has 0 saturated heterocycles. The van der Waals surface area contributed by atoms with E-state index in [0.717, 1.165) is 6.42 Å². The second-order valence-corrected chi connectivity index (χ2v) is 7.86. The van der Waals surface area contributed by atoms with Crippen LogP contribution >= 0.6 is 12.2 Å². The summed E-state index contributed by atoms with van der Waals surface area (Å²) >= 11 is 5.07. The van der Waals surface area contributed by atoms with Crippen LogP contribution in [0.1, 0.15) is 54.8 Å². The van der Waals surface area contributed by atoms with Crippen molar-refractivity contribution in [3.63, 3.8) is 0 Å². The predicted molar refractivity (Wildman–Crippen MR) is 124 cm³/mol. The number of carbonyl (C=O) groups excluding carboxylic acids is 2. The van der Waals surface area contributed by atoms with Crippen molar-refractivity contribution in [3.8, 4) is 11.5 Å². The summed E-state index contributed by atoms with van der Waals surface area (Å²) in [7, 11) is 0. The number of rotatable bonds is 8. The highest BCUT2D eigenvalue weighted by atomic mass is 32.1. The standard InChI is InChI=1S/C23H29N3O4S/c1-5-16(4)30-20-12-8-17(9-13-20)21(27)24-23(31)26-25-22(28)18-6-10-19(11-7-18)29-14-15(2)3/h6-13,15-16H,5,14H2,1-4H3,(H,25,28)(H2,24,26,27,31). The summed E-state index contributed by atoms with van der Waals surface area (Å²) in [5.41, 5.74) is 5.83. The molecule has 2 aromatic rings. The molecule has 2 amide bonds. The summed E-state index contributed by atoms with van der Waals surface area (Å²) in [6.45, 7) is 8.75. The van der Waals surface area contributed by atoms with Gasteiger partial charge in [-0.15, -0.1) is 0 Å². The zero-order valence-corrected chi connectivity index (χ0v) is 19.0. The third-order valence-electron chi connectivity index (χ3n) is 4.25. The van der Waals surface area contributed by atoms with Crippen LogP contribution in [-0.2, 0) is 0 Å². The molecule has 0 aliphatic rings. The Morgan fingerprint density at radius 3 is 1.97 bits per heavy atom. The number of ether oxygens (including phenoxy) is 2. The minimum absolute atomic E-state index is 0.0184. The molecular formula is C23H29N3O4S. The molecule has 1 unspecified atom stereocenters. The summed E-state index contributed by atoms with van der Waals surface area (Å²) in [5, 5.41) is 2.50. The Balaban J connectivity index is 1.80. The molecule has 1 atom stereocenters. The highest BCUT2D eigenvalue weighted by molar-refractivity contribution is 7.80. The predicted octanol–water partition coefficient (Wildman–Crippen LogP) is 3.85. The lowest BCUT2D eigenvalue weighted by Gasteiger charge is -2.13. The van der Waals surface area contributed by atoms with E-state index in [1.165, 1.54) is 0 Å². The van der Waals surface area contributed by atoms with E-state index in [1.807, 2.05) is 13.8 Å². The second kappa shape index (κ2) is 11.9. The maximum Gasteiger partial charge on any atom is 0.269 e. The Morgan fingerprint density at radius 2 is 1.42 bits per heavy atom. The SMILES string of the molecule is CCC(C)Oc1ccc(C(=O)NC(=S)NNC(=O)c2ccc(OCC(C)C)cc2)cc1. The fourth-order valence-corrected chi connectivity index (χ4v) is 2.50. The molecule has 31 heavy (non-hydrogen) atoms. The van der Waals surface area contributed by atoms with Crippen LogP contribution in [0.4, 0.5) is 0 Å². The third-order valence-corrected chi connectivity index (χ3v) is 4.45. The maximum absolute atomic E-state index is 12.3. The van der Waals surface area contributed by atoms with Gasteiger partial charge in [-0.3, -0.25) is 25.8 Å². The molecule has 3 N–H and O–H groups in total. The number of hydrazine groups is 1. The highest BCUT2D eigenvalue weighted by Gasteiger charge is 2.11. The van der Waals surface area contributed by atoms with Gasteiger partial charge in [0, 0.05) is 11.1 Å². The van der Waals surface area contributed by atoms with Crippen molar-refractivity contribution >= 4 is 29.1 Å². The summed E-state index contributed by atoms with van der Waals surface area (Å²) in [5.74, 6) is 1.02. The van der Waals surface area contributed by atoms with Crippen LogP contribution in [0.2, 0.25) is 0 Å².